The summed E-state index contributed by atoms with van der Waals surface area (Å²) in [4.78, 5) is 12.2. The zero-order valence-electron chi connectivity index (χ0n) is 17.5. The largest absolute Gasteiger partial charge is 0.493 e. The fraction of sp³-hybridized carbons (Fsp3) is 0.435. The molecule has 0 heterocycles. The molecule has 0 aliphatic heterocycles. The van der Waals surface area contributed by atoms with E-state index in [1.54, 1.807) is 7.11 Å². The van der Waals surface area contributed by atoms with Crippen LogP contribution in [-0.2, 0) is 4.79 Å². The Morgan fingerprint density at radius 2 is 1.82 bits per heavy atom. The molecule has 1 unspecified atom stereocenters. The van der Waals surface area contributed by atoms with Crippen LogP contribution >= 0.6 is 0 Å². The van der Waals surface area contributed by atoms with Crippen LogP contribution in [0.3, 0.4) is 0 Å². The molecule has 1 atom stereocenters. The molecule has 0 fully saturated rings. The lowest BCUT2D eigenvalue weighted by molar-refractivity contribution is -0.121. The Morgan fingerprint density at radius 1 is 1.11 bits per heavy atom. The minimum atomic E-state index is -0.230. The SMILES string of the molecule is COc1cc(C)ccc1OCCC(=O)NCC(C)(C)NC(C)c1ccccc1. The van der Waals surface area contributed by atoms with Gasteiger partial charge < -0.3 is 20.1 Å². The first-order chi connectivity index (χ1) is 13.3. The van der Waals surface area contributed by atoms with Crippen LogP contribution in [0.15, 0.2) is 48.5 Å². The molecule has 5 heteroatoms. The lowest BCUT2D eigenvalue weighted by atomic mass is 10.0. The number of amides is 1. The Hall–Kier alpha value is -2.53. The van der Waals surface area contributed by atoms with E-state index in [4.69, 9.17) is 9.47 Å². The average molecular weight is 385 g/mol. The van der Waals surface area contributed by atoms with Gasteiger partial charge in [-0.3, -0.25) is 4.79 Å². The van der Waals surface area contributed by atoms with E-state index in [9.17, 15) is 4.79 Å². The number of methoxy groups -OCH3 is 1. The minimum Gasteiger partial charge on any atom is -0.493 e. The summed E-state index contributed by atoms with van der Waals surface area (Å²) < 4.78 is 11.0. The molecule has 0 aromatic heterocycles. The maximum Gasteiger partial charge on any atom is 0.223 e. The van der Waals surface area contributed by atoms with Crippen LogP contribution in [0.2, 0.25) is 0 Å². The number of carbonyl (C=O) groups is 1. The van der Waals surface area contributed by atoms with Crippen molar-refractivity contribution in [2.24, 2.45) is 0 Å². The fourth-order valence-corrected chi connectivity index (χ4v) is 3.02. The van der Waals surface area contributed by atoms with Gasteiger partial charge in [0, 0.05) is 18.1 Å². The third kappa shape index (κ3) is 6.89. The van der Waals surface area contributed by atoms with E-state index < -0.39 is 0 Å². The fourth-order valence-electron chi connectivity index (χ4n) is 3.02. The van der Waals surface area contributed by atoms with Gasteiger partial charge >= 0.3 is 0 Å². The number of carbonyl (C=O) groups excluding carboxylic acids is 1. The summed E-state index contributed by atoms with van der Waals surface area (Å²) in [5, 5.41) is 6.56. The van der Waals surface area contributed by atoms with Crippen molar-refractivity contribution in [2.45, 2.75) is 45.7 Å². The Balaban J connectivity index is 1.75. The second-order valence-electron chi connectivity index (χ2n) is 7.69. The maximum absolute atomic E-state index is 12.2. The highest BCUT2D eigenvalue weighted by Gasteiger charge is 2.21. The topological polar surface area (TPSA) is 59.6 Å². The molecule has 0 bridgehead atoms. The first-order valence-electron chi connectivity index (χ1n) is 9.67. The summed E-state index contributed by atoms with van der Waals surface area (Å²) in [7, 11) is 1.61. The molecule has 0 spiro atoms. The standard InChI is InChI=1S/C23H32N2O3/c1-17-11-12-20(21(15-17)27-5)28-14-13-22(26)24-16-23(3,4)25-18(2)19-9-7-6-8-10-19/h6-12,15,18,25H,13-14,16H2,1-5H3,(H,24,26). The van der Waals surface area contributed by atoms with Crippen LogP contribution < -0.4 is 20.1 Å². The van der Waals surface area contributed by atoms with Gasteiger partial charge in [0.2, 0.25) is 5.91 Å². The molecule has 0 saturated carbocycles. The van der Waals surface area contributed by atoms with Gasteiger partial charge in [-0.25, -0.2) is 0 Å². The number of hydrogen-bond acceptors (Lipinski definition) is 4. The third-order valence-electron chi connectivity index (χ3n) is 4.54. The molecule has 2 aromatic carbocycles. The van der Waals surface area contributed by atoms with Crippen LogP contribution in [0.1, 0.15) is 44.4 Å². The molecule has 28 heavy (non-hydrogen) atoms. The Labute approximate surface area is 168 Å². The Kier molecular flexibility index (Phi) is 7.88. The van der Waals surface area contributed by atoms with Gasteiger partial charge in [-0.05, 0) is 51.0 Å². The average Bonchev–Trinajstić information content (AvgIpc) is 2.68. The molecular weight excluding hydrogens is 352 g/mol. The zero-order chi connectivity index (χ0) is 20.6. The van der Waals surface area contributed by atoms with E-state index in [1.807, 2.05) is 43.3 Å². The van der Waals surface area contributed by atoms with Gasteiger partial charge in [0.25, 0.3) is 0 Å². The van der Waals surface area contributed by atoms with E-state index in [-0.39, 0.29) is 17.5 Å². The molecule has 0 saturated heterocycles. The monoisotopic (exact) mass is 384 g/mol. The van der Waals surface area contributed by atoms with Gasteiger partial charge in [0.15, 0.2) is 11.5 Å². The van der Waals surface area contributed by atoms with Gasteiger partial charge in [-0.1, -0.05) is 36.4 Å². The summed E-state index contributed by atoms with van der Waals surface area (Å²) in [6.07, 6.45) is 0.293. The van der Waals surface area contributed by atoms with Crippen LogP contribution in [0.25, 0.3) is 0 Å². The highest BCUT2D eigenvalue weighted by Crippen LogP contribution is 2.27. The van der Waals surface area contributed by atoms with Crippen LogP contribution in [-0.4, -0.2) is 31.7 Å². The van der Waals surface area contributed by atoms with Crippen molar-refractivity contribution in [3.63, 3.8) is 0 Å². The molecule has 0 radical (unpaired) electrons. The first-order valence-corrected chi connectivity index (χ1v) is 9.67. The number of rotatable bonds is 10. The summed E-state index contributed by atoms with van der Waals surface area (Å²) in [5.74, 6) is 1.30. The smallest absolute Gasteiger partial charge is 0.223 e. The molecule has 152 valence electrons. The van der Waals surface area contributed by atoms with Gasteiger partial charge in [-0.15, -0.1) is 0 Å². The van der Waals surface area contributed by atoms with Crippen LogP contribution in [0, 0.1) is 6.92 Å². The molecule has 0 aliphatic carbocycles. The lowest BCUT2D eigenvalue weighted by Crippen LogP contribution is -2.49. The van der Waals surface area contributed by atoms with Crippen LogP contribution in [0.5, 0.6) is 11.5 Å². The van der Waals surface area contributed by atoms with Crippen molar-refractivity contribution in [3.8, 4) is 11.5 Å². The van der Waals surface area contributed by atoms with E-state index >= 15 is 0 Å². The molecule has 1 amide bonds. The maximum atomic E-state index is 12.2. The van der Waals surface area contributed by atoms with Crippen molar-refractivity contribution in [3.05, 3.63) is 59.7 Å². The van der Waals surface area contributed by atoms with E-state index in [1.165, 1.54) is 5.56 Å². The highest BCUT2D eigenvalue weighted by molar-refractivity contribution is 5.76. The van der Waals surface area contributed by atoms with Crippen LogP contribution in [0.4, 0.5) is 0 Å². The summed E-state index contributed by atoms with van der Waals surface area (Å²) in [6.45, 7) is 9.13. The predicted octanol–water partition coefficient (Wildman–Crippen LogP) is 4.02. The summed E-state index contributed by atoms with van der Waals surface area (Å²) in [6, 6.07) is 16.2. The Bertz CT molecular complexity index is 760. The zero-order valence-corrected chi connectivity index (χ0v) is 17.5. The van der Waals surface area contributed by atoms with E-state index in [2.05, 4.69) is 43.5 Å². The molecule has 2 aromatic rings. The summed E-state index contributed by atoms with van der Waals surface area (Å²) >= 11 is 0. The number of nitrogens with one attached hydrogen (secondary N) is 2. The van der Waals surface area contributed by atoms with Crippen molar-refractivity contribution >= 4 is 5.91 Å². The number of benzene rings is 2. The lowest BCUT2D eigenvalue weighted by Gasteiger charge is -2.31. The van der Waals surface area contributed by atoms with Gasteiger partial charge in [-0.2, -0.15) is 0 Å². The molecule has 2 rings (SSSR count). The number of ether oxygens (including phenoxy) is 2. The normalized spacial score (nSPS) is 12.3. The molecule has 0 aliphatic rings. The van der Waals surface area contributed by atoms with Crippen molar-refractivity contribution in [1.29, 1.82) is 0 Å². The van der Waals surface area contributed by atoms with Gasteiger partial charge in [0.1, 0.15) is 0 Å². The predicted molar refractivity (Wildman–Crippen MR) is 113 cm³/mol. The van der Waals surface area contributed by atoms with E-state index in [0.29, 0.717) is 31.1 Å². The van der Waals surface area contributed by atoms with Crippen molar-refractivity contribution in [1.82, 2.24) is 10.6 Å². The Morgan fingerprint density at radius 3 is 2.50 bits per heavy atom. The molecule has 5 nitrogen and oxygen atoms in total. The number of hydrogen-bond donors (Lipinski definition) is 2. The second kappa shape index (κ2) is 10.1. The molecular formula is C23H32N2O3. The highest BCUT2D eigenvalue weighted by atomic mass is 16.5. The van der Waals surface area contributed by atoms with Crippen molar-refractivity contribution in [2.75, 3.05) is 20.3 Å². The quantitative estimate of drug-likeness (QED) is 0.650. The van der Waals surface area contributed by atoms with E-state index in [0.717, 1.165) is 5.56 Å². The summed E-state index contributed by atoms with van der Waals surface area (Å²) in [5.41, 5.74) is 2.09. The van der Waals surface area contributed by atoms with Crippen molar-refractivity contribution < 1.29 is 14.3 Å². The van der Waals surface area contributed by atoms with Gasteiger partial charge in [0.05, 0.1) is 20.1 Å². The molecule has 2 N–H and O–H groups in total. The first kappa shape index (κ1) is 21.8. The third-order valence-corrected chi connectivity index (χ3v) is 4.54. The second-order valence-corrected chi connectivity index (χ2v) is 7.69. The minimum absolute atomic E-state index is 0.0340. The number of aryl methyl sites for hydroxylation is 1.